The Morgan fingerprint density at radius 3 is 2.71 bits per heavy atom. The van der Waals surface area contributed by atoms with Crippen LogP contribution in [0.4, 0.5) is 4.79 Å². The van der Waals surface area contributed by atoms with E-state index in [9.17, 15) is 22.8 Å². The maximum absolute atomic E-state index is 12.6. The Labute approximate surface area is 167 Å². The number of benzene rings is 1. The first-order valence-corrected chi connectivity index (χ1v) is 11.2. The van der Waals surface area contributed by atoms with E-state index in [0.29, 0.717) is 17.7 Å². The number of methoxy groups -OCH3 is 1. The molecule has 0 spiro atoms. The number of carbonyl (C=O) groups is 3. The molecule has 0 saturated carbocycles. The zero-order valence-corrected chi connectivity index (χ0v) is 17.1. The molecule has 150 valence electrons. The van der Waals surface area contributed by atoms with Crippen LogP contribution in [0.3, 0.4) is 0 Å². The minimum atomic E-state index is -3.14. The predicted octanol–water partition coefficient (Wildman–Crippen LogP) is 1.38. The molecule has 0 radical (unpaired) electrons. The van der Waals surface area contributed by atoms with Crippen molar-refractivity contribution < 1.29 is 27.5 Å². The van der Waals surface area contributed by atoms with Crippen LogP contribution in [0.15, 0.2) is 29.2 Å². The molecule has 3 amide bonds. The summed E-state index contributed by atoms with van der Waals surface area (Å²) in [6.07, 6.45) is 1.92. The normalized spacial score (nSPS) is 22.7. The maximum Gasteiger partial charge on any atom is 0.294 e. The first kappa shape index (κ1) is 20.4. The van der Waals surface area contributed by atoms with Crippen molar-refractivity contribution in [2.75, 3.05) is 32.2 Å². The molecule has 1 aromatic carbocycles. The summed E-state index contributed by atoms with van der Waals surface area (Å²) in [4.78, 5) is 39.8. The van der Waals surface area contributed by atoms with Gasteiger partial charge >= 0.3 is 0 Å². The second-order valence-electron chi connectivity index (χ2n) is 6.57. The lowest BCUT2D eigenvalue weighted by molar-refractivity contribution is -0.136. The third-order valence-electron chi connectivity index (χ3n) is 4.74. The second kappa shape index (κ2) is 7.96. The van der Waals surface area contributed by atoms with E-state index in [1.807, 2.05) is 0 Å². The maximum atomic E-state index is 12.6. The molecule has 2 aliphatic heterocycles. The highest BCUT2D eigenvalue weighted by molar-refractivity contribution is 8.18. The van der Waals surface area contributed by atoms with Gasteiger partial charge in [-0.3, -0.25) is 19.3 Å². The lowest BCUT2D eigenvalue weighted by Crippen LogP contribution is -2.45. The van der Waals surface area contributed by atoms with Crippen molar-refractivity contribution in [3.8, 4) is 5.75 Å². The smallest absolute Gasteiger partial charge is 0.294 e. The van der Waals surface area contributed by atoms with Gasteiger partial charge in [0.15, 0.2) is 9.84 Å². The number of rotatable bonds is 5. The topological polar surface area (TPSA) is 101 Å². The van der Waals surface area contributed by atoms with E-state index >= 15 is 0 Å². The molecule has 28 heavy (non-hydrogen) atoms. The number of para-hydroxylation sites is 1. The molecular formula is C18H20N2O6S2. The summed E-state index contributed by atoms with van der Waals surface area (Å²) in [5.74, 6) is -0.513. The SMILES string of the molecule is COc1ccccc1/C=C1\SC(=O)N(CC(=O)N(C)[C@H]2CCS(=O)(=O)C2)C1=O. The molecule has 2 saturated heterocycles. The van der Waals surface area contributed by atoms with Gasteiger partial charge in [-0.2, -0.15) is 0 Å². The van der Waals surface area contributed by atoms with E-state index in [2.05, 4.69) is 0 Å². The molecule has 8 nitrogen and oxygen atoms in total. The molecule has 2 fully saturated rings. The Hall–Kier alpha value is -2.33. The van der Waals surface area contributed by atoms with Crippen molar-refractivity contribution >= 4 is 44.7 Å². The molecule has 0 unspecified atom stereocenters. The van der Waals surface area contributed by atoms with E-state index in [1.165, 1.54) is 19.1 Å². The van der Waals surface area contributed by atoms with Crippen LogP contribution in [0, 0.1) is 0 Å². The highest BCUT2D eigenvalue weighted by Gasteiger charge is 2.39. The number of imide groups is 1. The number of sulfone groups is 1. The number of ether oxygens (including phenoxy) is 1. The summed E-state index contributed by atoms with van der Waals surface area (Å²) in [6, 6.07) is 6.64. The van der Waals surface area contributed by atoms with Gasteiger partial charge in [-0.15, -0.1) is 0 Å². The van der Waals surface area contributed by atoms with Crippen LogP contribution >= 0.6 is 11.8 Å². The van der Waals surface area contributed by atoms with Crippen molar-refractivity contribution in [1.82, 2.24) is 9.80 Å². The Balaban J connectivity index is 1.72. The molecule has 2 heterocycles. The van der Waals surface area contributed by atoms with E-state index in [4.69, 9.17) is 4.74 Å². The van der Waals surface area contributed by atoms with E-state index in [0.717, 1.165) is 16.7 Å². The van der Waals surface area contributed by atoms with Gasteiger partial charge in [0.2, 0.25) is 5.91 Å². The third-order valence-corrected chi connectivity index (χ3v) is 7.40. The van der Waals surface area contributed by atoms with Gasteiger partial charge in [-0.25, -0.2) is 8.42 Å². The van der Waals surface area contributed by atoms with Gasteiger partial charge < -0.3 is 9.64 Å². The van der Waals surface area contributed by atoms with Crippen LogP contribution < -0.4 is 4.74 Å². The van der Waals surface area contributed by atoms with E-state index < -0.39 is 39.5 Å². The minimum Gasteiger partial charge on any atom is -0.496 e. The molecular weight excluding hydrogens is 404 g/mol. The molecule has 1 aromatic rings. The number of likely N-dealkylation sites (N-methyl/N-ethyl adjacent to an activating group) is 1. The average molecular weight is 425 g/mol. The second-order valence-corrected chi connectivity index (χ2v) is 9.79. The fourth-order valence-electron chi connectivity index (χ4n) is 3.09. The van der Waals surface area contributed by atoms with Crippen LogP contribution in [-0.4, -0.2) is 73.5 Å². The third kappa shape index (κ3) is 4.22. The number of hydrogen-bond acceptors (Lipinski definition) is 7. The summed E-state index contributed by atoms with van der Waals surface area (Å²) in [7, 11) is -0.132. The fraction of sp³-hybridized carbons (Fsp3) is 0.389. The van der Waals surface area contributed by atoms with Crippen LogP contribution in [-0.2, 0) is 19.4 Å². The average Bonchev–Trinajstić information content (AvgIpc) is 3.15. The predicted molar refractivity (Wildman–Crippen MR) is 105 cm³/mol. The molecule has 0 bridgehead atoms. The van der Waals surface area contributed by atoms with E-state index in [-0.39, 0.29) is 16.4 Å². The van der Waals surface area contributed by atoms with Gasteiger partial charge in [0.05, 0.1) is 23.5 Å². The lowest BCUT2D eigenvalue weighted by atomic mass is 10.2. The summed E-state index contributed by atoms with van der Waals surface area (Å²) in [6.45, 7) is -0.416. The van der Waals surface area contributed by atoms with Crippen LogP contribution in [0.2, 0.25) is 0 Å². The summed E-state index contributed by atoms with van der Waals surface area (Å²) in [5, 5.41) is -0.535. The minimum absolute atomic E-state index is 0.0402. The molecule has 1 atom stereocenters. The van der Waals surface area contributed by atoms with Gasteiger partial charge in [0.25, 0.3) is 11.1 Å². The number of hydrogen-bond donors (Lipinski definition) is 0. The van der Waals surface area contributed by atoms with Gasteiger partial charge in [-0.1, -0.05) is 18.2 Å². The molecule has 0 aliphatic carbocycles. The van der Waals surface area contributed by atoms with Crippen molar-refractivity contribution in [2.45, 2.75) is 12.5 Å². The Bertz CT molecular complexity index is 957. The number of carbonyl (C=O) groups excluding carboxylic acids is 3. The lowest BCUT2D eigenvalue weighted by Gasteiger charge is -2.25. The Kier molecular flexibility index (Phi) is 5.80. The quantitative estimate of drug-likeness (QED) is 0.658. The van der Waals surface area contributed by atoms with Gasteiger partial charge in [-0.05, 0) is 30.3 Å². The Morgan fingerprint density at radius 2 is 2.07 bits per heavy atom. The summed E-state index contributed by atoms with van der Waals surface area (Å²) in [5.41, 5.74) is 0.648. The molecule has 0 aromatic heterocycles. The van der Waals surface area contributed by atoms with Gasteiger partial charge in [0.1, 0.15) is 12.3 Å². The first-order chi connectivity index (χ1) is 13.2. The number of nitrogens with zero attached hydrogens (tertiary/aromatic N) is 2. The van der Waals surface area contributed by atoms with Crippen molar-refractivity contribution in [2.24, 2.45) is 0 Å². The van der Waals surface area contributed by atoms with Gasteiger partial charge in [0, 0.05) is 18.7 Å². The number of thioether (sulfide) groups is 1. The van der Waals surface area contributed by atoms with Crippen LogP contribution in [0.25, 0.3) is 6.08 Å². The zero-order chi connectivity index (χ0) is 20.5. The first-order valence-electron chi connectivity index (χ1n) is 8.56. The summed E-state index contributed by atoms with van der Waals surface area (Å²) >= 11 is 0.758. The van der Waals surface area contributed by atoms with Crippen LogP contribution in [0.5, 0.6) is 5.75 Å². The van der Waals surface area contributed by atoms with Crippen molar-refractivity contribution in [3.05, 3.63) is 34.7 Å². The molecule has 3 rings (SSSR count). The van der Waals surface area contributed by atoms with Crippen LogP contribution in [0.1, 0.15) is 12.0 Å². The van der Waals surface area contributed by atoms with Crippen molar-refractivity contribution in [3.63, 3.8) is 0 Å². The molecule has 0 N–H and O–H groups in total. The largest absolute Gasteiger partial charge is 0.496 e. The standard InChI is InChI=1S/C18H20N2O6S2/c1-19(13-7-8-28(24,25)11-13)16(21)10-20-17(22)15(27-18(20)23)9-12-5-3-4-6-14(12)26-2/h3-6,9,13H,7-8,10-11H2,1-2H3/b15-9-/t13-/m0/s1. The van der Waals surface area contributed by atoms with E-state index in [1.54, 1.807) is 30.3 Å². The highest BCUT2D eigenvalue weighted by atomic mass is 32.2. The highest BCUT2D eigenvalue weighted by Crippen LogP contribution is 2.34. The molecule has 2 aliphatic rings. The monoisotopic (exact) mass is 424 g/mol. The molecule has 10 heteroatoms. The fourth-order valence-corrected chi connectivity index (χ4v) is 5.70. The Morgan fingerprint density at radius 1 is 1.36 bits per heavy atom. The summed E-state index contributed by atoms with van der Waals surface area (Å²) < 4.78 is 28.5. The zero-order valence-electron chi connectivity index (χ0n) is 15.5. The number of amides is 3. The van der Waals surface area contributed by atoms with Crippen molar-refractivity contribution in [1.29, 1.82) is 0 Å².